The molecule has 1 amide bonds. The van der Waals surface area contributed by atoms with Gasteiger partial charge in [0.2, 0.25) is 5.91 Å². The summed E-state index contributed by atoms with van der Waals surface area (Å²) in [5.41, 5.74) is 0.637. The molecule has 1 aliphatic carbocycles. The Kier molecular flexibility index (Phi) is 6.09. The van der Waals surface area contributed by atoms with Crippen molar-refractivity contribution in [3.8, 4) is 10.6 Å². The molecule has 7 heteroatoms. The molecule has 24 heavy (non-hydrogen) atoms. The first kappa shape index (κ1) is 17.2. The maximum Gasteiger partial charge on any atom is 0.266 e. The Morgan fingerprint density at radius 2 is 2.17 bits per heavy atom. The summed E-state index contributed by atoms with van der Waals surface area (Å²) in [5.74, 6) is 0.539. The number of amides is 1. The molecule has 0 aliphatic heterocycles. The van der Waals surface area contributed by atoms with Crippen LogP contribution in [-0.2, 0) is 11.3 Å². The van der Waals surface area contributed by atoms with Gasteiger partial charge in [-0.05, 0) is 30.4 Å². The number of hydrogen-bond acceptors (Lipinski definition) is 5. The molecule has 1 fully saturated rings. The predicted octanol–water partition coefficient (Wildman–Crippen LogP) is 2.76. The molecule has 1 N–H and O–H groups in total. The maximum absolute atomic E-state index is 11.9. The van der Waals surface area contributed by atoms with E-state index in [1.165, 1.54) is 36.4 Å². The van der Waals surface area contributed by atoms with Gasteiger partial charge in [-0.15, -0.1) is 23.1 Å². The van der Waals surface area contributed by atoms with Gasteiger partial charge in [-0.1, -0.05) is 18.9 Å². The zero-order valence-corrected chi connectivity index (χ0v) is 15.1. The van der Waals surface area contributed by atoms with E-state index in [1.807, 2.05) is 17.5 Å². The van der Waals surface area contributed by atoms with E-state index in [-0.39, 0.29) is 11.5 Å². The van der Waals surface area contributed by atoms with Gasteiger partial charge in [0.1, 0.15) is 5.69 Å². The van der Waals surface area contributed by atoms with Crippen molar-refractivity contribution >= 4 is 29.0 Å². The van der Waals surface area contributed by atoms with Gasteiger partial charge in [0, 0.05) is 17.9 Å². The van der Waals surface area contributed by atoms with Crippen LogP contribution in [0.15, 0.2) is 34.4 Å². The van der Waals surface area contributed by atoms with E-state index in [9.17, 15) is 9.59 Å². The van der Waals surface area contributed by atoms with E-state index in [2.05, 4.69) is 10.4 Å². The molecule has 1 aliphatic rings. The summed E-state index contributed by atoms with van der Waals surface area (Å²) in [6.45, 7) is 0.808. The summed E-state index contributed by atoms with van der Waals surface area (Å²) in [6, 6.07) is 7.20. The number of thiophene rings is 1. The van der Waals surface area contributed by atoms with E-state index < -0.39 is 0 Å². The van der Waals surface area contributed by atoms with Crippen LogP contribution in [0.3, 0.4) is 0 Å². The second kappa shape index (κ2) is 8.48. The molecule has 128 valence electrons. The summed E-state index contributed by atoms with van der Waals surface area (Å²) in [7, 11) is 0. The Hall–Kier alpha value is -1.60. The van der Waals surface area contributed by atoms with Crippen molar-refractivity contribution < 1.29 is 4.79 Å². The molecule has 1 saturated carbocycles. The standard InChI is InChI=1S/C17H21N3O2S2/c21-16(12-24-13-4-1-2-5-13)18-9-10-20-17(22)8-7-14(19-20)15-6-3-11-23-15/h3,6-8,11,13H,1-2,4-5,9-10,12H2,(H,18,21). The first-order chi connectivity index (χ1) is 11.7. The van der Waals surface area contributed by atoms with Gasteiger partial charge in [0.15, 0.2) is 0 Å². The first-order valence-corrected chi connectivity index (χ1v) is 10.2. The van der Waals surface area contributed by atoms with Gasteiger partial charge >= 0.3 is 0 Å². The van der Waals surface area contributed by atoms with Crippen molar-refractivity contribution in [1.29, 1.82) is 0 Å². The molecule has 3 rings (SSSR count). The highest BCUT2D eigenvalue weighted by atomic mass is 32.2. The summed E-state index contributed by atoms with van der Waals surface area (Å²) >= 11 is 3.33. The molecule has 0 aromatic carbocycles. The molecule has 0 atom stereocenters. The van der Waals surface area contributed by atoms with Crippen LogP contribution in [0.2, 0.25) is 0 Å². The lowest BCUT2D eigenvalue weighted by atomic mass is 10.3. The number of nitrogens with one attached hydrogen (secondary N) is 1. The number of hydrogen-bond donors (Lipinski definition) is 1. The van der Waals surface area contributed by atoms with E-state index in [0.29, 0.717) is 24.1 Å². The van der Waals surface area contributed by atoms with Crippen molar-refractivity contribution in [3.05, 3.63) is 40.0 Å². The summed E-state index contributed by atoms with van der Waals surface area (Å²) in [5, 5.41) is 9.88. The first-order valence-electron chi connectivity index (χ1n) is 8.23. The number of nitrogens with zero attached hydrogens (tertiary/aromatic N) is 2. The van der Waals surface area contributed by atoms with Crippen LogP contribution < -0.4 is 10.9 Å². The highest BCUT2D eigenvalue weighted by molar-refractivity contribution is 8.00. The fraction of sp³-hybridized carbons (Fsp3) is 0.471. The molecule has 0 bridgehead atoms. The number of aromatic nitrogens is 2. The third-order valence-electron chi connectivity index (χ3n) is 4.04. The normalized spacial score (nSPS) is 14.8. The molecule has 0 radical (unpaired) electrons. The Morgan fingerprint density at radius 1 is 1.33 bits per heavy atom. The fourth-order valence-corrected chi connectivity index (χ4v) is 4.61. The fourth-order valence-electron chi connectivity index (χ4n) is 2.77. The lowest BCUT2D eigenvalue weighted by molar-refractivity contribution is -0.118. The molecule has 5 nitrogen and oxygen atoms in total. The molecule has 2 aromatic heterocycles. The van der Waals surface area contributed by atoms with Crippen LogP contribution in [-0.4, -0.2) is 33.2 Å². The third-order valence-corrected chi connectivity index (χ3v) is 6.30. The van der Waals surface area contributed by atoms with Crippen LogP contribution >= 0.6 is 23.1 Å². The molecule has 0 saturated heterocycles. The van der Waals surface area contributed by atoms with Gasteiger partial charge in [-0.2, -0.15) is 5.10 Å². The maximum atomic E-state index is 11.9. The van der Waals surface area contributed by atoms with Gasteiger partial charge in [0.25, 0.3) is 5.56 Å². The summed E-state index contributed by atoms with van der Waals surface area (Å²) in [6.07, 6.45) is 5.03. The van der Waals surface area contributed by atoms with Gasteiger partial charge in [0.05, 0.1) is 17.2 Å². The second-order valence-corrected chi connectivity index (χ2v) is 8.06. The van der Waals surface area contributed by atoms with Crippen molar-refractivity contribution in [1.82, 2.24) is 15.1 Å². The number of carbonyl (C=O) groups excluding carboxylic acids is 1. The predicted molar refractivity (Wildman–Crippen MR) is 99.5 cm³/mol. The van der Waals surface area contributed by atoms with Crippen LogP contribution in [0, 0.1) is 0 Å². The zero-order valence-electron chi connectivity index (χ0n) is 13.4. The average Bonchev–Trinajstić information content (AvgIpc) is 3.28. The average molecular weight is 364 g/mol. The molecule has 2 heterocycles. The van der Waals surface area contributed by atoms with Crippen LogP contribution in [0.1, 0.15) is 25.7 Å². The Morgan fingerprint density at radius 3 is 2.92 bits per heavy atom. The second-order valence-electron chi connectivity index (χ2n) is 5.82. The summed E-state index contributed by atoms with van der Waals surface area (Å²) < 4.78 is 1.42. The molecule has 0 spiro atoms. The van der Waals surface area contributed by atoms with Gasteiger partial charge in [-0.25, -0.2) is 4.68 Å². The minimum Gasteiger partial charge on any atom is -0.354 e. The monoisotopic (exact) mass is 363 g/mol. The minimum absolute atomic E-state index is 0.0364. The zero-order chi connectivity index (χ0) is 16.8. The largest absolute Gasteiger partial charge is 0.354 e. The number of rotatable bonds is 7. The third kappa shape index (κ3) is 4.70. The highest BCUT2D eigenvalue weighted by Crippen LogP contribution is 2.29. The quantitative estimate of drug-likeness (QED) is 0.822. The van der Waals surface area contributed by atoms with Crippen LogP contribution in [0.25, 0.3) is 10.6 Å². The van der Waals surface area contributed by atoms with Gasteiger partial charge in [-0.3, -0.25) is 9.59 Å². The van der Waals surface area contributed by atoms with E-state index >= 15 is 0 Å². The SMILES string of the molecule is O=C(CSC1CCCC1)NCCn1nc(-c2cccs2)ccc1=O. The highest BCUT2D eigenvalue weighted by Gasteiger charge is 2.16. The Labute approximate surface area is 149 Å². The summed E-state index contributed by atoms with van der Waals surface area (Å²) in [4.78, 5) is 24.8. The smallest absolute Gasteiger partial charge is 0.266 e. The van der Waals surface area contributed by atoms with Crippen molar-refractivity contribution in [3.63, 3.8) is 0 Å². The number of carbonyl (C=O) groups is 1. The van der Waals surface area contributed by atoms with Crippen molar-refractivity contribution in [2.24, 2.45) is 0 Å². The van der Waals surface area contributed by atoms with Crippen LogP contribution in [0.5, 0.6) is 0 Å². The van der Waals surface area contributed by atoms with Gasteiger partial charge < -0.3 is 5.32 Å². The molecular weight excluding hydrogens is 342 g/mol. The Bertz CT molecular complexity index is 722. The number of thioether (sulfide) groups is 1. The molecular formula is C17H21N3O2S2. The van der Waals surface area contributed by atoms with Crippen LogP contribution in [0.4, 0.5) is 0 Å². The topological polar surface area (TPSA) is 64.0 Å². The molecule has 0 unspecified atom stereocenters. The minimum atomic E-state index is -0.148. The van der Waals surface area contributed by atoms with E-state index in [1.54, 1.807) is 29.2 Å². The Balaban J connectivity index is 1.48. The van der Waals surface area contributed by atoms with Crippen molar-refractivity contribution in [2.75, 3.05) is 12.3 Å². The molecule has 2 aromatic rings. The lowest BCUT2D eigenvalue weighted by Crippen LogP contribution is -2.33. The van der Waals surface area contributed by atoms with E-state index in [0.717, 1.165) is 10.6 Å². The van der Waals surface area contributed by atoms with Crippen molar-refractivity contribution in [2.45, 2.75) is 37.5 Å². The van der Waals surface area contributed by atoms with E-state index in [4.69, 9.17) is 0 Å². The lowest BCUT2D eigenvalue weighted by Gasteiger charge is -2.10.